The van der Waals surface area contributed by atoms with E-state index in [2.05, 4.69) is 40.4 Å². The minimum Gasteiger partial charge on any atom is -0.335 e. The van der Waals surface area contributed by atoms with E-state index in [-0.39, 0.29) is 5.91 Å². The fourth-order valence-electron chi connectivity index (χ4n) is 3.86. The summed E-state index contributed by atoms with van der Waals surface area (Å²) in [5.41, 5.74) is 6.18. The molecule has 9 nitrogen and oxygen atoms in total. The highest BCUT2D eigenvalue weighted by molar-refractivity contribution is 5.95. The third-order valence-electron chi connectivity index (χ3n) is 5.48. The van der Waals surface area contributed by atoms with E-state index in [0.29, 0.717) is 29.3 Å². The van der Waals surface area contributed by atoms with Gasteiger partial charge in [0.15, 0.2) is 5.82 Å². The van der Waals surface area contributed by atoms with Gasteiger partial charge in [0.05, 0.1) is 52.9 Å². The molecule has 0 saturated heterocycles. The molecule has 9 heteroatoms. The number of hydrogen-bond acceptors (Lipinski definition) is 6. The topological polar surface area (TPSA) is 125 Å². The van der Waals surface area contributed by atoms with Crippen LogP contribution in [0.25, 0.3) is 44.7 Å². The van der Waals surface area contributed by atoms with Gasteiger partial charge in [-0.15, -0.1) is 0 Å². The molecule has 5 heterocycles. The molecule has 0 saturated carbocycles. The van der Waals surface area contributed by atoms with E-state index in [1.54, 1.807) is 31.0 Å². The zero-order valence-electron chi connectivity index (χ0n) is 17.9. The standard InChI is InChI=1S/C25H18N8O/c34-23(8-15-4-2-1-3-5-15)29-17-9-16(11-27-12-17)20-10-18-21(14-28-20)32-33-24(18)25-30-19-6-7-26-13-22(19)31-25/h1-7,9-14H,8H2,(H,29,34)(H,30,31)(H,32,33). The van der Waals surface area contributed by atoms with Gasteiger partial charge in [-0.1, -0.05) is 30.3 Å². The second-order valence-electron chi connectivity index (χ2n) is 7.84. The predicted molar refractivity (Wildman–Crippen MR) is 129 cm³/mol. The molecule has 5 aromatic heterocycles. The van der Waals surface area contributed by atoms with Gasteiger partial charge in [0, 0.05) is 23.3 Å². The van der Waals surface area contributed by atoms with Crippen LogP contribution in [-0.2, 0) is 11.2 Å². The number of imidazole rings is 1. The van der Waals surface area contributed by atoms with E-state index in [1.165, 1.54) is 0 Å². The van der Waals surface area contributed by atoms with E-state index in [0.717, 1.165) is 33.1 Å². The van der Waals surface area contributed by atoms with Crippen LogP contribution >= 0.6 is 0 Å². The molecule has 34 heavy (non-hydrogen) atoms. The van der Waals surface area contributed by atoms with Crippen molar-refractivity contribution in [2.24, 2.45) is 0 Å². The predicted octanol–water partition coefficient (Wildman–Crippen LogP) is 4.14. The summed E-state index contributed by atoms with van der Waals surface area (Å²) in [6, 6.07) is 15.2. The Bertz CT molecular complexity index is 1600. The maximum absolute atomic E-state index is 12.5. The number of nitrogens with zero attached hydrogens (tertiary/aromatic N) is 5. The Morgan fingerprint density at radius 1 is 0.941 bits per heavy atom. The van der Waals surface area contributed by atoms with Crippen LogP contribution in [0, 0.1) is 0 Å². The number of H-pyrrole nitrogens is 2. The summed E-state index contributed by atoms with van der Waals surface area (Å²) in [6.45, 7) is 0. The molecule has 0 unspecified atom stereocenters. The lowest BCUT2D eigenvalue weighted by Gasteiger charge is -2.07. The first-order valence-electron chi connectivity index (χ1n) is 10.7. The Balaban J connectivity index is 1.30. The van der Waals surface area contributed by atoms with Crippen LogP contribution in [0.3, 0.4) is 0 Å². The van der Waals surface area contributed by atoms with Crippen molar-refractivity contribution in [2.75, 3.05) is 5.32 Å². The van der Waals surface area contributed by atoms with E-state index in [1.807, 2.05) is 48.5 Å². The minimum atomic E-state index is -0.106. The molecule has 0 atom stereocenters. The first-order chi connectivity index (χ1) is 16.7. The summed E-state index contributed by atoms with van der Waals surface area (Å²) in [7, 11) is 0. The normalized spacial score (nSPS) is 11.2. The van der Waals surface area contributed by atoms with Gasteiger partial charge in [-0.05, 0) is 23.8 Å². The third-order valence-corrected chi connectivity index (χ3v) is 5.48. The number of carbonyl (C=O) groups is 1. The summed E-state index contributed by atoms with van der Waals surface area (Å²) in [5, 5.41) is 11.2. The molecule has 6 aromatic rings. The number of pyridine rings is 3. The SMILES string of the molecule is O=C(Cc1ccccc1)Nc1cncc(-c2cc3c(-c4nc5ccncc5[nH]4)n[nH]c3cn2)c1. The molecule has 1 amide bonds. The molecule has 3 N–H and O–H groups in total. The van der Waals surface area contributed by atoms with Crippen molar-refractivity contribution in [3.8, 4) is 22.8 Å². The van der Waals surface area contributed by atoms with Crippen LogP contribution < -0.4 is 5.32 Å². The number of aromatic amines is 2. The average molecular weight is 446 g/mol. The Hall–Kier alpha value is -4.92. The molecule has 0 aliphatic heterocycles. The summed E-state index contributed by atoms with van der Waals surface area (Å²) >= 11 is 0. The van der Waals surface area contributed by atoms with Gasteiger partial charge in [-0.2, -0.15) is 5.10 Å². The summed E-state index contributed by atoms with van der Waals surface area (Å²) in [5.74, 6) is 0.538. The van der Waals surface area contributed by atoms with Gasteiger partial charge < -0.3 is 10.3 Å². The van der Waals surface area contributed by atoms with Crippen molar-refractivity contribution in [2.45, 2.75) is 6.42 Å². The maximum Gasteiger partial charge on any atom is 0.228 e. The molecule has 0 spiro atoms. The quantitative estimate of drug-likeness (QED) is 0.365. The van der Waals surface area contributed by atoms with Gasteiger partial charge in [0.2, 0.25) is 5.91 Å². The number of amides is 1. The summed E-state index contributed by atoms with van der Waals surface area (Å²) in [4.78, 5) is 33.3. The van der Waals surface area contributed by atoms with Gasteiger partial charge in [0.1, 0.15) is 5.69 Å². The van der Waals surface area contributed by atoms with Crippen molar-refractivity contribution in [3.05, 3.63) is 85.1 Å². The number of benzene rings is 1. The number of aromatic nitrogens is 7. The molecule has 0 bridgehead atoms. The van der Waals surface area contributed by atoms with Crippen LogP contribution in [0.1, 0.15) is 5.56 Å². The van der Waals surface area contributed by atoms with Crippen molar-refractivity contribution in [1.29, 1.82) is 0 Å². The van der Waals surface area contributed by atoms with Crippen molar-refractivity contribution < 1.29 is 4.79 Å². The number of nitrogens with one attached hydrogen (secondary N) is 3. The molecule has 164 valence electrons. The first-order valence-corrected chi connectivity index (χ1v) is 10.7. The van der Waals surface area contributed by atoms with E-state index in [4.69, 9.17) is 0 Å². The van der Waals surface area contributed by atoms with Crippen LogP contribution in [-0.4, -0.2) is 41.0 Å². The molecule has 0 radical (unpaired) electrons. The number of anilines is 1. The van der Waals surface area contributed by atoms with Crippen LogP contribution in [0.5, 0.6) is 0 Å². The third kappa shape index (κ3) is 3.75. The second-order valence-corrected chi connectivity index (χ2v) is 7.84. The van der Waals surface area contributed by atoms with Crippen molar-refractivity contribution in [1.82, 2.24) is 35.1 Å². The lowest BCUT2D eigenvalue weighted by Crippen LogP contribution is -2.14. The van der Waals surface area contributed by atoms with Crippen LogP contribution in [0.4, 0.5) is 5.69 Å². The smallest absolute Gasteiger partial charge is 0.228 e. The number of rotatable bonds is 5. The van der Waals surface area contributed by atoms with E-state index >= 15 is 0 Å². The Kier molecular flexibility index (Phi) is 4.77. The largest absolute Gasteiger partial charge is 0.335 e. The van der Waals surface area contributed by atoms with Gasteiger partial charge >= 0.3 is 0 Å². The highest BCUT2D eigenvalue weighted by atomic mass is 16.1. The van der Waals surface area contributed by atoms with Crippen molar-refractivity contribution in [3.63, 3.8) is 0 Å². The van der Waals surface area contributed by atoms with Crippen molar-refractivity contribution >= 4 is 33.5 Å². The maximum atomic E-state index is 12.5. The first kappa shape index (κ1) is 19.7. The molecule has 0 fully saturated rings. The monoisotopic (exact) mass is 446 g/mol. The second kappa shape index (κ2) is 8.21. The summed E-state index contributed by atoms with van der Waals surface area (Å²) in [6.07, 6.45) is 8.80. The Morgan fingerprint density at radius 2 is 1.85 bits per heavy atom. The number of carbonyl (C=O) groups excluding carboxylic acids is 1. The zero-order chi connectivity index (χ0) is 22.9. The van der Waals surface area contributed by atoms with Gasteiger partial charge in [-0.25, -0.2) is 4.98 Å². The molecular weight excluding hydrogens is 428 g/mol. The van der Waals surface area contributed by atoms with Crippen LogP contribution in [0.2, 0.25) is 0 Å². The van der Waals surface area contributed by atoms with E-state index < -0.39 is 0 Å². The van der Waals surface area contributed by atoms with Gasteiger partial charge in [-0.3, -0.25) is 24.8 Å². The molecular formula is C25H18N8O. The van der Waals surface area contributed by atoms with E-state index in [9.17, 15) is 4.79 Å². The molecule has 0 aliphatic rings. The average Bonchev–Trinajstić information content (AvgIpc) is 3.48. The Labute approximate surface area is 193 Å². The highest BCUT2D eigenvalue weighted by Crippen LogP contribution is 2.29. The zero-order valence-corrected chi connectivity index (χ0v) is 17.9. The number of hydrogen-bond donors (Lipinski definition) is 3. The van der Waals surface area contributed by atoms with Gasteiger partial charge in [0.25, 0.3) is 0 Å². The molecule has 1 aromatic carbocycles. The fourth-order valence-corrected chi connectivity index (χ4v) is 3.86. The Morgan fingerprint density at radius 3 is 2.74 bits per heavy atom. The number of fused-ring (bicyclic) bond motifs is 2. The highest BCUT2D eigenvalue weighted by Gasteiger charge is 2.15. The molecule has 6 rings (SSSR count). The molecule has 0 aliphatic carbocycles. The van der Waals surface area contributed by atoms with Crippen LogP contribution in [0.15, 0.2) is 79.5 Å². The lowest BCUT2D eigenvalue weighted by molar-refractivity contribution is -0.115. The lowest BCUT2D eigenvalue weighted by atomic mass is 10.1. The summed E-state index contributed by atoms with van der Waals surface area (Å²) < 4.78 is 0. The fraction of sp³-hybridized carbons (Fsp3) is 0.0400. The minimum absolute atomic E-state index is 0.106.